The molecule has 0 bridgehead atoms. The Kier molecular flexibility index (Phi) is 5.25. The summed E-state index contributed by atoms with van der Waals surface area (Å²) >= 11 is 0. The Morgan fingerprint density at radius 3 is 2.37 bits per heavy atom. The molecule has 0 saturated heterocycles. The van der Waals surface area contributed by atoms with E-state index in [2.05, 4.69) is 5.32 Å². The van der Waals surface area contributed by atoms with Crippen molar-refractivity contribution in [3.8, 4) is 0 Å². The van der Waals surface area contributed by atoms with Gasteiger partial charge in [0, 0.05) is 18.7 Å². The molecule has 1 saturated carbocycles. The summed E-state index contributed by atoms with van der Waals surface area (Å²) in [5.41, 5.74) is 7.49. The number of rotatable bonds is 4. The first-order valence-electron chi connectivity index (χ1n) is 7.35. The minimum absolute atomic E-state index is 0.184. The van der Waals surface area contributed by atoms with E-state index in [9.17, 15) is 4.79 Å². The predicted molar refractivity (Wildman–Crippen MR) is 78.5 cm³/mol. The third-order valence-electron chi connectivity index (χ3n) is 3.92. The minimum atomic E-state index is 0.184. The van der Waals surface area contributed by atoms with Crippen LogP contribution in [-0.2, 0) is 11.3 Å². The van der Waals surface area contributed by atoms with Gasteiger partial charge in [0.1, 0.15) is 0 Å². The van der Waals surface area contributed by atoms with Crippen LogP contribution in [0.3, 0.4) is 0 Å². The summed E-state index contributed by atoms with van der Waals surface area (Å²) in [6.45, 7) is 0.603. The third-order valence-corrected chi connectivity index (χ3v) is 3.92. The fraction of sp³-hybridized carbons (Fsp3) is 0.562. The second-order valence-corrected chi connectivity index (χ2v) is 5.58. The first kappa shape index (κ1) is 13.9. The molecule has 1 aliphatic carbocycles. The molecular formula is C16H24N2O. The van der Waals surface area contributed by atoms with E-state index in [1.165, 1.54) is 38.5 Å². The monoisotopic (exact) mass is 260 g/mol. The van der Waals surface area contributed by atoms with Crippen LogP contribution in [0.5, 0.6) is 0 Å². The highest BCUT2D eigenvalue weighted by atomic mass is 16.1. The highest BCUT2D eigenvalue weighted by Crippen LogP contribution is 2.25. The van der Waals surface area contributed by atoms with Crippen LogP contribution in [0.2, 0.25) is 0 Å². The largest absolute Gasteiger partial charge is 0.399 e. The Morgan fingerprint density at radius 2 is 1.74 bits per heavy atom. The lowest BCUT2D eigenvalue weighted by Crippen LogP contribution is -2.25. The predicted octanol–water partition coefficient (Wildman–Crippen LogP) is 3.25. The van der Waals surface area contributed by atoms with E-state index in [1.807, 2.05) is 24.3 Å². The molecule has 0 unspecified atom stereocenters. The lowest BCUT2D eigenvalue weighted by Gasteiger charge is -2.13. The van der Waals surface area contributed by atoms with Gasteiger partial charge in [-0.1, -0.05) is 37.8 Å². The van der Waals surface area contributed by atoms with Gasteiger partial charge in [0.2, 0.25) is 5.91 Å². The number of nitrogen functional groups attached to an aromatic ring is 1. The van der Waals surface area contributed by atoms with E-state index in [-0.39, 0.29) is 5.91 Å². The Morgan fingerprint density at radius 1 is 1.11 bits per heavy atom. The number of anilines is 1. The molecule has 19 heavy (non-hydrogen) atoms. The molecule has 104 valence electrons. The first-order chi connectivity index (χ1) is 9.24. The summed E-state index contributed by atoms with van der Waals surface area (Å²) in [4.78, 5) is 11.9. The van der Waals surface area contributed by atoms with E-state index in [0.29, 0.717) is 18.9 Å². The zero-order valence-electron chi connectivity index (χ0n) is 11.5. The molecular weight excluding hydrogens is 236 g/mol. The standard InChI is InChI=1S/C16H24N2O/c17-15-9-7-14(8-10-15)12-18-16(19)11-13-5-3-1-2-4-6-13/h7-10,13H,1-6,11-12,17H2,(H,18,19). The lowest BCUT2D eigenvalue weighted by atomic mass is 9.96. The summed E-state index contributed by atoms with van der Waals surface area (Å²) in [7, 11) is 0. The second-order valence-electron chi connectivity index (χ2n) is 5.58. The fourth-order valence-corrected chi connectivity index (χ4v) is 2.74. The van der Waals surface area contributed by atoms with Crippen molar-refractivity contribution in [2.75, 3.05) is 5.73 Å². The maximum absolute atomic E-state index is 11.9. The quantitative estimate of drug-likeness (QED) is 0.645. The van der Waals surface area contributed by atoms with Gasteiger partial charge < -0.3 is 11.1 Å². The number of nitrogens with two attached hydrogens (primary N) is 1. The average molecular weight is 260 g/mol. The maximum atomic E-state index is 11.9. The molecule has 0 spiro atoms. The number of amides is 1. The first-order valence-corrected chi connectivity index (χ1v) is 7.35. The molecule has 3 heteroatoms. The van der Waals surface area contributed by atoms with Crippen LogP contribution in [0.4, 0.5) is 5.69 Å². The van der Waals surface area contributed by atoms with Crippen LogP contribution < -0.4 is 11.1 Å². The number of carbonyl (C=O) groups excluding carboxylic acids is 1. The van der Waals surface area contributed by atoms with Gasteiger partial charge in [0.25, 0.3) is 0 Å². The van der Waals surface area contributed by atoms with Gasteiger partial charge in [-0.3, -0.25) is 4.79 Å². The van der Waals surface area contributed by atoms with Crippen LogP contribution in [0.1, 0.15) is 50.5 Å². The lowest BCUT2D eigenvalue weighted by molar-refractivity contribution is -0.122. The molecule has 0 heterocycles. The number of nitrogens with one attached hydrogen (secondary N) is 1. The smallest absolute Gasteiger partial charge is 0.220 e. The molecule has 1 aromatic rings. The van der Waals surface area contributed by atoms with E-state index < -0.39 is 0 Å². The van der Waals surface area contributed by atoms with Crippen molar-refractivity contribution in [3.05, 3.63) is 29.8 Å². The minimum Gasteiger partial charge on any atom is -0.399 e. The highest BCUT2D eigenvalue weighted by Gasteiger charge is 2.15. The fourth-order valence-electron chi connectivity index (χ4n) is 2.74. The zero-order chi connectivity index (χ0) is 13.5. The van der Waals surface area contributed by atoms with Gasteiger partial charge >= 0.3 is 0 Å². The zero-order valence-corrected chi connectivity index (χ0v) is 11.5. The Labute approximate surface area is 115 Å². The van der Waals surface area contributed by atoms with E-state index in [0.717, 1.165) is 11.3 Å². The van der Waals surface area contributed by atoms with Gasteiger partial charge in [-0.05, 0) is 36.5 Å². The molecule has 1 fully saturated rings. The molecule has 3 nitrogen and oxygen atoms in total. The molecule has 1 aliphatic rings. The summed E-state index contributed by atoms with van der Waals surface area (Å²) < 4.78 is 0. The van der Waals surface area contributed by atoms with Gasteiger partial charge in [-0.2, -0.15) is 0 Å². The summed E-state index contributed by atoms with van der Waals surface area (Å²) in [5.74, 6) is 0.776. The van der Waals surface area contributed by atoms with Crippen LogP contribution in [-0.4, -0.2) is 5.91 Å². The van der Waals surface area contributed by atoms with Crippen molar-refractivity contribution in [2.24, 2.45) is 5.92 Å². The van der Waals surface area contributed by atoms with Crippen molar-refractivity contribution in [1.82, 2.24) is 5.32 Å². The van der Waals surface area contributed by atoms with Crippen LogP contribution in [0, 0.1) is 5.92 Å². The second kappa shape index (κ2) is 7.17. The summed E-state index contributed by atoms with van der Waals surface area (Å²) in [6.07, 6.45) is 8.37. The van der Waals surface area contributed by atoms with Crippen LogP contribution in [0.25, 0.3) is 0 Å². The molecule has 3 N–H and O–H groups in total. The van der Waals surface area contributed by atoms with E-state index >= 15 is 0 Å². The number of hydrogen-bond acceptors (Lipinski definition) is 2. The van der Waals surface area contributed by atoms with Gasteiger partial charge in [-0.25, -0.2) is 0 Å². The summed E-state index contributed by atoms with van der Waals surface area (Å²) in [6, 6.07) is 7.65. The van der Waals surface area contributed by atoms with Crippen LogP contribution >= 0.6 is 0 Å². The van der Waals surface area contributed by atoms with E-state index in [1.54, 1.807) is 0 Å². The van der Waals surface area contributed by atoms with Gasteiger partial charge in [0.05, 0.1) is 0 Å². The Balaban J connectivity index is 1.73. The third kappa shape index (κ3) is 4.93. The molecule has 0 radical (unpaired) electrons. The Bertz CT molecular complexity index is 392. The molecule has 1 aromatic carbocycles. The van der Waals surface area contributed by atoms with Crippen LogP contribution in [0.15, 0.2) is 24.3 Å². The summed E-state index contributed by atoms with van der Waals surface area (Å²) in [5, 5.41) is 3.01. The van der Waals surface area contributed by atoms with Crippen molar-refractivity contribution in [3.63, 3.8) is 0 Å². The molecule has 1 amide bonds. The topological polar surface area (TPSA) is 55.1 Å². The Hall–Kier alpha value is -1.51. The molecule has 2 rings (SSSR count). The SMILES string of the molecule is Nc1ccc(CNC(=O)CC2CCCCCC2)cc1. The average Bonchev–Trinajstić information content (AvgIpc) is 2.67. The van der Waals surface area contributed by atoms with Crippen molar-refractivity contribution in [2.45, 2.75) is 51.5 Å². The normalized spacial score (nSPS) is 16.8. The van der Waals surface area contributed by atoms with Crippen molar-refractivity contribution >= 4 is 11.6 Å². The van der Waals surface area contributed by atoms with Crippen molar-refractivity contribution in [1.29, 1.82) is 0 Å². The number of hydrogen-bond donors (Lipinski definition) is 2. The molecule has 0 atom stereocenters. The highest BCUT2D eigenvalue weighted by molar-refractivity contribution is 5.76. The number of carbonyl (C=O) groups is 1. The van der Waals surface area contributed by atoms with Crippen molar-refractivity contribution < 1.29 is 4.79 Å². The van der Waals surface area contributed by atoms with E-state index in [4.69, 9.17) is 5.73 Å². The van der Waals surface area contributed by atoms with Gasteiger partial charge in [0.15, 0.2) is 0 Å². The molecule has 0 aromatic heterocycles. The van der Waals surface area contributed by atoms with Gasteiger partial charge in [-0.15, -0.1) is 0 Å². The number of benzene rings is 1. The maximum Gasteiger partial charge on any atom is 0.220 e. The molecule has 0 aliphatic heterocycles.